The van der Waals surface area contributed by atoms with Gasteiger partial charge in [-0.2, -0.15) is 5.26 Å². The Bertz CT molecular complexity index is 834. The second-order valence-corrected chi connectivity index (χ2v) is 7.06. The molecule has 3 rings (SSSR count). The lowest BCUT2D eigenvalue weighted by Crippen LogP contribution is -2.52. The highest BCUT2D eigenvalue weighted by Crippen LogP contribution is 2.17. The lowest BCUT2D eigenvalue weighted by atomic mass is 10.1. The molecule has 5 heteroatoms. The number of para-hydroxylation sites is 1. The predicted octanol–water partition coefficient (Wildman–Crippen LogP) is 3.01. The molecule has 0 aromatic heterocycles. The largest absolute Gasteiger partial charge is 0.324 e. The number of hydrogen-bond acceptors (Lipinski definition) is 4. The van der Waals surface area contributed by atoms with Crippen LogP contribution >= 0.6 is 0 Å². The Morgan fingerprint density at radius 1 is 1.11 bits per heavy atom. The zero-order valence-electron chi connectivity index (χ0n) is 16.0. The van der Waals surface area contributed by atoms with E-state index in [1.54, 1.807) is 18.2 Å². The number of amides is 1. The van der Waals surface area contributed by atoms with Crippen LogP contribution in [-0.2, 0) is 11.3 Å². The number of nitrogens with zero attached hydrogens (tertiary/aromatic N) is 3. The van der Waals surface area contributed by atoms with Crippen molar-refractivity contribution in [1.82, 2.24) is 9.80 Å². The summed E-state index contributed by atoms with van der Waals surface area (Å²) in [6, 6.07) is 17.5. The molecule has 1 N–H and O–H groups in total. The van der Waals surface area contributed by atoms with Crippen LogP contribution < -0.4 is 5.32 Å². The quantitative estimate of drug-likeness (QED) is 0.888. The molecule has 140 valence electrons. The number of nitrogens with one attached hydrogen (secondary N) is 1. The van der Waals surface area contributed by atoms with Gasteiger partial charge in [-0.15, -0.1) is 0 Å². The van der Waals surface area contributed by atoms with Crippen LogP contribution in [0.25, 0.3) is 0 Å². The maximum atomic E-state index is 12.6. The van der Waals surface area contributed by atoms with Gasteiger partial charge >= 0.3 is 0 Å². The molecule has 2 aromatic carbocycles. The summed E-state index contributed by atoms with van der Waals surface area (Å²) in [5.74, 6) is -0.0648. The van der Waals surface area contributed by atoms with Crippen LogP contribution in [0.2, 0.25) is 0 Å². The van der Waals surface area contributed by atoms with Crippen LogP contribution in [0.1, 0.15) is 23.6 Å². The van der Waals surface area contributed by atoms with E-state index in [1.807, 2.05) is 13.0 Å². The minimum atomic E-state index is -0.225. The maximum Gasteiger partial charge on any atom is 0.241 e. The molecule has 1 aliphatic heterocycles. The van der Waals surface area contributed by atoms with E-state index in [1.165, 1.54) is 11.1 Å². The highest BCUT2D eigenvalue weighted by molar-refractivity contribution is 5.95. The number of benzene rings is 2. The molecule has 0 radical (unpaired) electrons. The molecular weight excluding hydrogens is 336 g/mol. The van der Waals surface area contributed by atoms with Crippen molar-refractivity contribution in [2.75, 3.05) is 31.5 Å². The Labute approximate surface area is 161 Å². The summed E-state index contributed by atoms with van der Waals surface area (Å²) in [5, 5.41) is 12.1. The molecule has 5 nitrogen and oxygen atoms in total. The highest BCUT2D eigenvalue weighted by atomic mass is 16.2. The average molecular weight is 362 g/mol. The first-order chi connectivity index (χ1) is 13.1. The molecule has 2 aromatic rings. The van der Waals surface area contributed by atoms with Crippen molar-refractivity contribution in [1.29, 1.82) is 5.26 Å². The molecule has 0 spiro atoms. The van der Waals surface area contributed by atoms with Crippen LogP contribution in [-0.4, -0.2) is 47.9 Å². The molecule has 1 atom stereocenters. The molecule has 1 heterocycles. The Morgan fingerprint density at radius 3 is 2.48 bits per heavy atom. The van der Waals surface area contributed by atoms with Crippen molar-refractivity contribution in [2.45, 2.75) is 26.4 Å². The van der Waals surface area contributed by atoms with E-state index in [4.69, 9.17) is 0 Å². The summed E-state index contributed by atoms with van der Waals surface area (Å²) >= 11 is 0. The number of rotatable bonds is 5. The zero-order valence-corrected chi connectivity index (χ0v) is 16.0. The Kier molecular flexibility index (Phi) is 6.23. The van der Waals surface area contributed by atoms with E-state index in [9.17, 15) is 10.1 Å². The third-order valence-electron chi connectivity index (χ3n) is 5.29. The third kappa shape index (κ3) is 4.73. The highest BCUT2D eigenvalue weighted by Gasteiger charge is 2.26. The first-order valence-corrected chi connectivity index (χ1v) is 9.39. The standard InChI is InChI=1S/C22H26N4O/c1-17-7-3-4-9-20(17)16-25-11-13-26(14-12-25)18(2)22(27)24-21-10-6-5-8-19(21)15-23/h3-10,18H,11-14,16H2,1-2H3,(H,24,27)/t18-/m0/s1. The average Bonchev–Trinajstić information content (AvgIpc) is 2.70. The monoisotopic (exact) mass is 362 g/mol. The first kappa shape index (κ1) is 19.1. The minimum absolute atomic E-state index is 0.0648. The van der Waals surface area contributed by atoms with Crippen molar-refractivity contribution in [3.8, 4) is 6.07 Å². The number of carbonyl (C=O) groups is 1. The van der Waals surface area contributed by atoms with Crippen LogP contribution in [0.4, 0.5) is 5.69 Å². The molecule has 0 bridgehead atoms. The van der Waals surface area contributed by atoms with E-state index in [0.717, 1.165) is 32.7 Å². The van der Waals surface area contributed by atoms with Crippen molar-refractivity contribution >= 4 is 11.6 Å². The van der Waals surface area contributed by atoms with Gasteiger partial charge in [0, 0.05) is 32.7 Å². The molecule has 0 aliphatic carbocycles. The second kappa shape index (κ2) is 8.81. The Morgan fingerprint density at radius 2 is 1.78 bits per heavy atom. The molecule has 1 saturated heterocycles. The van der Waals surface area contributed by atoms with Gasteiger partial charge in [0.15, 0.2) is 0 Å². The van der Waals surface area contributed by atoms with Gasteiger partial charge in [-0.3, -0.25) is 14.6 Å². The lowest BCUT2D eigenvalue weighted by Gasteiger charge is -2.37. The molecule has 1 amide bonds. The van der Waals surface area contributed by atoms with Crippen LogP contribution in [0, 0.1) is 18.3 Å². The van der Waals surface area contributed by atoms with Gasteiger partial charge < -0.3 is 5.32 Å². The summed E-state index contributed by atoms with van der Waals surface area (Å²) < 4.78 is 0. The third-order valence-corrected chi connectivity index (χ3v) is 5.29. The van der Waals surface area contributed by atoms with Gasteiger partial charge in [0.25, 0.3) is 0 Å². The first-order valence-electron chi connectivity index (χ1n) is 9.39. The SMILES string of the molecule is Cc1ccccc1CN1CCN([C@@H](C)C(=O)Nc2ccccc2C#N)CC1. The van der Waals surface area contributed by atoms with Crippen molar-refractivity contribution in [3.05, 3.63) is 65.2 Å². The Hall–Kier alpha value is -2.68. The van der Waals surface area contributed by atoms with Gasteiger partial charge in [0.1, 0.15) is 6.07 Å². The van der Waals surface area contributed by atoms with Gasteiger partial charge in [0.2, 0.25) is 5.91 Å². The van der Waals surface area contributed by atoms with Crippen LogP contribution in [0.15, 0.2) is 48.5 Å². The number of nitriles is 1. The van der Waals surface area contributed by atoms with E-state index >= 15 is 0 Å². The van der Waals surface area contributed by atoms with Crippen LogP contribution in [0.5, 0.6) is 0 Å². The van der Waals surface area contributed by atoms with Gasteiger partial charge in [-0.1, -0.05) is 36.4 Å². The van der Waals surface area contributed by atoms with Crippen molar-refractivity contribution in [2.24, 2.45) is 0 Å². The zero-order chi connectivity index (χ0) is 19.2. The van der Waals surface area contributed by atoms with Crippen molar-refractivity contribution in [3.63, 3.8) is 0 Å². The number of hydrogen-bond donors (Lipinski definition) is 1. The molecule has 1 fully saturated rings. The number of aryl methyl sites for hydroxylation is 1. The normalized spacial score (nSPS) is 16.5. The fourth-order valence-electron chi connectivity index (χ4n) is 3.43. The maximum absolute atomic E-state index is 12.6. The van der Waals surface area contributed by atoms with E-state index in [-0.39, 0.29) is 11.9 Å². The topological polar surface area (TPSA) is 59.4 Å². The summed E-state index contributed by atoms with van der Waals surface area (Å²) in [4.78, 5) is 17.3. The summed E-state index contributed by atoms with van der Waals surface area (Å²) in [5.41, 5.74) is 3.75. The van der Waals surface area contributed by atoms with E-state index in [2.05, 4.69) is 52.4 Å². The van der Waals surface area contributed by atoms with Gasteiger partial charge in [-0.05, 0) is 37.1 Å². The van der Waals surface area contributed by atoms with E-state index in [0.29, 0.717) is 11.3 Å². The van der Waals surface area contributed by atoms with Gasteiger partial charge in [0.05, 0.1) is 17.3 Å². The van der Waals surface area contributed by atoms with Gasteiger partial charge in [-0.25, -0.2) is 0 Å². The second-order valence-electron chi connectivity index (χ2n) is 7.06. The van der Waals surface area contributed by atoms with E-state index < -0.39 is 0 Å². The fraction of sp³-hybridized carbons (Fsp3) is 0.364. The predicted molar refractivity (Wildman–Crippen MR) is 107 cm³/mol. The van der Waals surface area contributed by atoms with Crippen LogP contribution in [0.3, 0.4) is 0 Å². The molecule has 0 saturated carbocycles. The number of anilines is 1. The summed E-state index contributed by atoms with van der Waals surface area (Å²) in [6.45, 7) is 8.65. The fourth-order valence-corrected chi connectivity index (χ4v) is 3.43. The molecule has 1 aliphatic rings. The Balaban J connectivity index is 1.53. The lowest BCUT2D eigenvalue weighted by molar-refractivity contribution is -0.121. The molecule has 27 heavy (non-hydrogen) atoms. The smallest absolute Gasteiger partial charge is 0.241 e. The minimum Gasteiger partial charge on any atom is -0.324 e. The molecular formula is C22H26N4O. The molecule has 0 unspecified atom stereocenters. The number of piperazine rings is 1. The van der Waals surface area contributed by atoms with Crippen molar-refractivity contribution < 1.29 is 4.79 Å². The number of carbonyl (C=O) groups excluding carboxylic acids is 1. The summed E-state index contributed by atoms with van der Waals surface area (Å²) in [6.07, 6.45) is 0. The summed E-state index contributed by atoms with van der Waals surface area (Å²) in [7, 11) is 0.